The summed E-state index contributed by atoms with van der Waals surface area (Å²) < 4.78 is 11.1. The van der Waals surface area contributed by atoms with Gasteiger partial charge in [-0.3, -0.25) is 0 Å². The molecule has 0 aromatic heterocycles. The van der Waals surface area contributed by atoms with Gasteiger partial charge < -0.3 is 20.5 Å². The van der Waals surface area contributed by atoms with Gasteiger partial charge >= 0.3 is 6.09 Å². The number of fused-ring (bicyclic) bond motifs is 3. The number of nitrogens with two attached hydrogens (primary N) is 1. The van der Waals surface area contributed by atoms with Crippen LogP contribution in [0.3, 0.4) is 0 Å². The Morgan fingerprint density at radius 1 is 1.32 bits per heavy atom. The summed E-state index contributed by atoms with van der Waals surface area (Å²) in [6.45, 7) is 6.67. The van der Waals surface area contributed by atoms with Crippen molar-refractivity contribution in [3.63, 3.8) is 0 Å². The van der Waals surface area contributed by atoms with E-state index >= 15 is 0 Å². The molecule has 112 valence electrons. The molecule has 2 bridgehead atoms. The lowest BCUT2D eigenvalue weighted by Crippen LogP contribution is -2.62. The van der Waals surface area contributed by atoms with E-state index in [2.05, 4.69) is 5.32 Å². The van der Waals surface area contributed by atoms with E-state index in [0.717, 1.165) is 25.7 Å². The molecule has 2 saturated heterocycles. The first-order chi connectivity index (χ1) is 8.22. The summed E-state index contributed by atoms with van der Waals surface area (Å²) in [6, 6.07) is 0. The second-order valence-corrected chi connectivity index (χ2v) is 6.69. The van der Waals surface area contributed by atoms with E-state index in [4.69, 9.17) is 15.2 Å². The summed E-state index contributed by atoms with van der Waals surface area (Å²) in [5, 5.41) is 2.81. The van der Waals surface area contributed by atoms with Crippen LogP contribution in [0, 0.1) is 0 Å². The fraction of sp³-hybridized carbons (Fsp3) is 0.923. The highest BCUT2D eigenvalue weighted by molar-refractivity contribution is 5.85. The molecule has 2 aliphatic heterocycles. The monoisotopic (exact) mass is 292 g/mol. The average Bonchev–Trinajstić information content (AvgIpc) is 2.26. The SMILES string of the molecule is CC(C)(C)OC(=O)NCC12CCC(N)(CC1)CO2.Cl. The van der Waals surface area contributed by atoms with Crippen molar-refractivity contribution < 1.29 is 14.3 Å². The van der Waals surface area contributed by atoms with Gasteiger partial charge in [0.15, 0.2) is 0 Å². The molecule has 0 unspecified atom stereocenters. The van der Waals surface area contributed by atoms with Crippen LogP contribution in [0.4, 0.5) is 4.79 Å². The first-order valence-corrected chi connectivity index (χ1v) is 6.62. The summed E-state index contributed by atoms with van der Waals surface area (Å²) in [5.74, 6) is 0. The molecule has 5 nitrogen and oxygen atoms in total. The molecule has 0 spiro atoms. The maximum absolute atomic E-state index is 11.6. The molecular weight excluding hydrogens is 268 g/mol. The van der Waals surface area contributed by atoms with Crippen LogP contribution in [0.1, 0.15) is 46.5 Å². The quantitative estimate of drug-likeness (QED) is 0.816. The van der Waals surface area contributed by atoms with E-state index in [1.165, 1.54) is 0 Å². The van der Waals surface area contributed by atoms with Crippen LogP contribution in [-0.4, -0.2) is 36.0 Å². The molecule has 0 aromatic carbocycles. The average molecular weight is 293 g/mol. The van der Waals surface area contributed by atoms with Crippen LogP contribution >= 0.6 is 12.4 Å². The van der Waals surface area contributed by atoms with Gasteiger partial charge in [0.25, 0.3) is 0 Å². The number of nitrogens with one attached hydrogen (secondary N) is 1. The van der Waals surface area contributed by atoms with E-state index in [1.54, 1.807) is 0 Å². The lowest BCUT2D eigenvalue weighted by Gasteiger charge is -2.51. The minimum Gasteiger partial charge on any atom is -0.444 e. The molecule has 3 rings (SSSR count). The molecule has 0 atom stereocenters. The lowest BCUT2D eigenvalue weighted by atomic mass is 9.71. The summed E-state index contributed by atoms with van der Waals surface area (Å²) >= 11 is 0. The van der Waals surface area contributed by atoms with Crippen LogP contribution in [0.15, 0.2) is 0 Å². The number of carbonyl (C=O) groups is 1. The molecule has 6 heteroatoms. The van der Waals surface area contributed by atoms with E-state index in [9.17, 15) is 4.79 Å². The third-order valence-electron chi connectivity index (χ3n) is 3.78. The van der Waals surface area contributed by atoms with Crippen molar-refractivity contribution in [1.82, 2.24) is 5.32 Å². The number of alkyl carbamates (subject to hydrolysis) is 1. The van der Waals surface area contributed by atoms with Crippen LogP contribution in [0.2, 0.25) is 0 Å². The smallest absolute Gasteiger partial charge is 0.407 e. The van der Waals surface area contributed by atoms with Gasteiger partial charge in [-0.05, 0) is 46.5 Å². The Kier molecular flexibility index (Phi) is 4.75. The maximum atomic E-state index is 11.6. The van der Waals surface area contributed by atoms with Crippen LogP contribution in [0.5, 0.6) is 0 Å². The third-order valence-corrected chi connectivity index (χ3v) is 3.78. The highest BCUT2D eigenvalue weighted by Crippen LogP contribution is 2.41. The van der Waals surface area contributed by atoms with Gasteiger partial charge in [0, 0.05) is 12.1 Å². The number of ether oxygens (including phenoxy) is 2. The molecule has 3 N–H and O–H groups in total. The second-order valence-electron chi connectivity index (χ2n) is 6.69. The van der Waals surface area contributed by atoms with Crippen molar-refractivity contribution in [2.45, 2.75) is 63.2 Å². The summed E-state index contributed by atoms with van der Waals surface area (Å²) in [5.41, 5.74) is 5.34. The summed E-state index contributed by atoms with van der Waals surface area (Å²) in [7, 11) is 0. The van der Waals surface area contributed by atoms with Crippen molar-refractivity contribution >= 4 is 18.5 Å². The first kappa shape index (κ1) is 16.5. The van der Waals surface area contributed by atoms with Gasteiger partial charge in [-0.2, -0.15) is 0 Å². The molecule has 3 fully saturated rings. The molecule has 3 aliphatic rings. The zero-order chi connectivity index (χ0) is 13.4. The van der Waals surface area contributed by atoms with E-state index in [0.29, 0.717) is 13.2 Å². The summed E-state index contributed by atoms with van der Waals surface area (Å²) in [6.07, 6.45) is 3.40. The third kappa shape index (κ3) is 4.23. The minimum absolute atomic E-state index is 0. The molecule has 0 radical (unpaired) electrons. The van der Waals surface area contributed by atoms with Crippen molar-refractivity contribution in [1.29, 1.82) is 0 Å². The van der Waals surface area contributed by atoms with E-state index in [-0.39, 0.29) is 29.6 Å². The largest absolute Gasteiger partial charge is 0.444 e. The van der Waals surface area contributed by atoms with E-state index in [1.807, 2.05) is 20.8 Å². The first-order valence-electron chi connectivity index (χ1n) is 6.62. The minimum atomic E-state index is -0.464. The van der Waals surface area contributed by atoms with Crippen LogP contribution in [0.25, 0.3) is 0 Å². The normalized spacial score (nSPS) is 33.5. The Labute approximate surface area is 121 Å². The van der Waals surface area contributed by atoms with Gasteiger partial charge in [-0.15, -0.1) is 12.4 Å². The Morgan fingerprint density at radius 3 is 2.32 bits per heavy atom. The number of carbonyl (C=O) groups excluding carboxylic acids is 1. The van der Waals surface area contributed by atoms with Crippen molar-refractivity contribution in [3.05, 3.63) is 0 Å². The van der Waals surface area contributed by atoms with Gasteiger partial charge in [0.05, 0.1) is 12.2 Å². The molecule has 19 heavy (non-hydrogen) atoms. The van der Waals surface area contributed by atoms with Gasteiger partial charge in [-0.25, -0.2) is 4.79 Å². The predicted octanol–water partition coefficient (Wildman–Crippen LogP) is 1.97. The number of halogens is 1. The second kappa shape index (κ2) is 5.46. The van der Waals surface area contributed by atoms with Crippen LogP contribution in [-0.2, 0) is 9.47 Å². The Hall–Kier alpha value is -0.520. The number of hydrogen-bond donors (Lipinski definition) is 2. The molecule has 0 aromatic rings. The van der Waals surface area contributed by atoms with Gasteiger partial charge in [0.2, 0.25) is 0 Å². The Balaban J connectivity index is 0.00000180. The van der Waals surface area contributed by atoms with E-state index < -0.39 is 5.60 Å². The number of rotatable bonds is 2. The lowest BCUT2D eigenvalue weighted by molar-refractivity contribution is -0.149. The highest BCUT2D eigenvalue weighted by atomic mass is 35.5. The zero-order valence-electron chi connectivity index (χ0n) is 12.0. The van der Waals surface area contributed by atoms with Crippen molar-refractivity contribution in [2.24, 2.45) is 5.73 Å². The van der Waals surface area contributed by atoms with Crippen molar-refractivity contribution in [2.75, 3.05) is 13.2 Å². The Morgan fingerprint density at radius 2 is 1.89 bits per heavy atom. The Bertz CT molecular complexity index is 317. The van der Waals surface area contributed by atoms with Gasteiger partial charge in [0.1, 0.15) is 5.60 Å². The van der Waals surface area contributed by atoms with Crippen LogP contribution < -0.4 is 11.1 Å². The molecule has 2 heterocycles. The standard InChI is InChI=1S/C13H24N2O3.ClH/c1-11(2,3)18-10(16)15-8-13-6-4-12(14,5-7-13)9-17-13;/h4-9,14H2,1-3H3,(H,15,16);1H. The molecule has 1 amide bonds. The van der Waals surface area contributed by atoms with Crippen molar-refractivity contribution in [3.8, 4) is 0 Å². The zero-order valence-corrected chi connectivity index (χ0v) is 12.8. The maximum Gasteiger partial charge on any atom is 0.407 e. The highest BCUT2D eigenvalue weighted by Gasteiger charge is 2.48. The number of amides is 1. The predicted molar refractivity (Wildman–Crippen MR) is 75.6 cm³/mol. The number of hydrogen-bond acceptors (Lipinski definition) is 4. The topological polar surface area (TPSA) is 73.6 Å². The molecule has 1 aliphatic carbocycles. The fourth-order valence-corrected chi connectivity index (χ4v) is 2.56. The molecular formula is C13H25ClN2O3. The van der Waals surface area contributed by atoms with Gasteiger partial charge in [-0.1, -0.05) is 0 Å². The fourth-order valence-electron chi connectivity index (χ4n) is 2.56. The molecule has 1 saturated carbocycles. The summed E-state index contributed by atoms with van der Waals surface area (Å²) in [4.78, 5) is 11.6.